The van der Waals surface area contributed by atoms with Gasteiger partial charge in [0.15, 0.2) is 0 Å². The lowest BCUT2D eigenvalue weighted by Gasteiger charge is -2.28. The molecule has 3 atom stereocenters. The summed E-state index contributed by atoms with van der Waals surface area (Å²) in [5.74, 6) is -1.98. The third-order valence-electron chi connectivity index (χ3n) is 4.32. The van der Waals surface area contributed by atoms with Crippen LogP contribution in [-0.4, -0.2) is 55.9 Å². The van der Waals surface area contributed by atoms with Gasteiger partial charge in [-0.3, -0.25) is 9.59 Å². The van der Waals surface area contributed by atoms with Gasteiger partial charge in [0, 0.05) is 0 Å². The summed E-state index contributed by atoms with van der Waals surface area (Å²) in [6.07, 6.45) is -2.12. The van der Waals surface area contributed by atoms with E-state index in [9.17, 15) is 27.5 Å². The summed E-state index contributed by atoms with van der Waals surface area (Å²) in [5, 5.41) is 12.3. The Morgan fingerprint density at radius 2 is 1.71 bits per heavy atom. The Balaban J connectivity index is 3.01. The molecule has 0 aromatic heterocycles. The Bertz CT molecular complexity index is 850. The number of ether oxygens (including phenoxy) is 1. The van der Waals surface area contributed by atoms with Crippen LogP contribution in [0, 0.1) is 12.8 Å². The number of aliphatic hydroxyl groups excluding tert-OH is 1. The molecule has 31 heavy (non-hydrogen) atoms. The van der Waals surface area contributed by atoms with Crippen molar-refractivity contribution in [3.63, 3.8) is 0 Å². The van der Waals surface area contributed by atoms with Crippen LogP contribution in [0.1, 0.15) is 46.6 Å². The predicted molar refractivity (Wildman–Crippen MR) is 115 cm³/mol. The van der Waals surface area contributed by atoms with Gasteiger partial charge in [-0.2, -0.15) is 4.72 Å². The molecule has 1 rings (SSSR count). The van der Waals surface area contributed by atoms with Crippen molar-refractivity contribution in [2.45, 2.75) is 76.6 Å². The SMILES string of the molecule is Cc1ccc(S(=O)(=O)N[C@H](C(=O)NC(CC(=O)OC(C)(C)C)C(O)CF)C(C)C)cc1. The van der Waals surface area contributed by atoms with Gasteiger partial charge in [-0.1, -0.05) is 31.5 Å². The normalized spacial score (nSPS) is 15.3. The van der Waals surface area contributed by atoms with Crippen LogP contribution in [-0.2, 0) is 24.3 Å². The first-order valence-corrected chi connectivity index (χ1v) is 11.5. The number of hydrogen-bond acceptors (Lipinski definition) is 6. The van der Waals surface area contributed by atoms with E-state index in [1.165, 1.54) is 12.1 Å². The van der Waals surface area contributed by atoms with Crippen molar-refractivity contribution >= 4 is 21.9 Å². The highest BCUT2D eigenvalue weighted by Gasteiger charge is 2.33. The van der Waals surface area contributed by atoms with Crippen LogP contribution in [0.5, 0.6) is 0 Å². The van der Waals surface area contributed by atoms with Crippen molar-refractivity contribution < 1.29 is 32.2 Å². The Morgan fingerprint density at radius 1 is 1.16 bits per heavy atom. The summed E-state index contributed by atoms with van der Waals surface area (Å²) in [6.45, 7) is 8.84. The van der Waals surface area contributed by atoms with E-state index in [1.807, 2.05) is 6.92 Å². The molecule has 0 aliphatic rings. The molecule has 1 aromatic carbocycles. The van der Waals surface area contributed by atoms with Gasteiger partial charge in [0.25, 0.3) is 0 Å². The van der Waals surface area contributed by atoms with E-state index in [0.717, 1.165) is 5.56 Å². The first kappa shape index (κ1) is 27.0. The lowest BCUT2D eigenvalue weighted by atomic mass is 10.0. The van der Waals surface area contributed by atoms with E-state index < -0.39 is 64.7 Å². The van der Waals surface area contributed by atoms with Gasteiger partial charge in [-0.15, -0.1) is 0 Å². The lowest BCUT2D eigenvalue weighted by molar-refractivity contribution is -0.156. The number of aliphatic hydroxyl groups is 1. The number of hydrogen-bond donors (Lipinski definition) is 3. The maximum Gasteiger partial charge on any atom is 0.308 e. The topological polar surface area (TPSA) is 122 Å². The molecule has 0 aliphatic heterocycles. The smallest absolute Gasteiger partial charge is 0.308 e. The molecule has 0 radical (unpaired) electrons. The van der Waals surface area contributed by atoms with E-state index in [4.69, 9.17) is 4.74 Å². The van der Waals surface area contributed by atoms with Crippen molar-refractivity contribution in [3.05, 3.63) is 29.8 Å². The first-order chi connectivity index (χ1) is 14.2. The summed E-state index contributed by atoms with van der Waals surface area (Å²) >= 11 is 0. The fourth-order valence-electron chi connectivity index (χ4n) is 2.67. The number of nitrogens with one attached hydrogen (secondary N) is 2. The molecule has 0 fully saturated rings. The molecule has 0 spiro atoms. The number of alkyl halides is 1. The second-order valence-electron chi connectivity index (χ2n) is 8.78. The molecule has 0 saturated heterocycles. The Kier molecular flexibility index (Phi) is 9.59. The van der Waals surface area contributed by atoms with Gasteiger partial charge in [0.1, 0.15) is 24.4 Å². The number of carbonyl (C=O) groups is 2. The molecule has 0 bridgehead atoms. The maximum atomic E-state index is 13.1. The maximum absolute atomic E-state index is 13.1. The first-order valence-electron chi connectivity index (χ1n) is 10.0. The van der Waals surface area contributed by atoms with E-state index in [2.05, 4.69) is 10.0 Å². The molecule has 2 unspecified atom stereocenters. The number of amides is 1. The predicted octanol–water partition coefficient (Wildman–Crippen LogP) is 1.84. The van der Waals surface area contributed by atoms with Crippen molar-refractivity contribution in [1.29, 1.82) is 0 Å². The molecule has 10 heteroatoms. The zero-order chi connectivity index (χ0) is 24.0. The number of rotatable bonds is 10. The van der Waals surface area contributed by atoms with Crippen molar-refractivity contribution in [1.82, 2.24) is 10.0 Å². The number of esters is 1. The monoisotopic (exact) mass is 460 g/mol. The van der Waals surface area contributed by atoms with Crippen LogP contribution < -0.4 is 10.0 Å². The Morgan fingerprint density at radius 3 is 2.16 bits per heavy atom. The number of benzene rings is 1. The fourth-order valence-corrected chi connectivity index (χ4v) is 4.01. The van der Waals surface area contributed by atoms with Crippen LogP contribution in [0.25, 0.3) is 0 Å². The van der Waals surface area contributed by atoms with Gasteiger partial charge < -0.3 is 15.2 Å². The summed E-state index contributed by atoms with van der Waals surface area (Å²) in [7, 11) is -4.01. The zero-order valence-corrected chi connectivity index (χ0v) is 19.6. The molecule has 0 saturated carbocycles. The van der Waals surface area contributed by atoms with Crippen LogP contribution >= 0.6 is 0 Å². The highest BCUT2D eigenvalue weighted by Crippen LogP contribution is 2.15. The second kappa shape index (κ2) is 11.0. The molecule has 3 N–H and O–H groups in total. The standard InChI is InChI=1S/C21H33FN2O6S/c1-13(2)19(24-31(28,29)15-9-7-14(3)8-10-15)20(27)23-16(17(25)12-22)11-18(26)30-21(4,5)6/h7-10,13,16-17,19,24-25H,11-12H2,1-6H3,(H,23,27)/t16?,17?,19-/m0/s1. The van der Waals surface area contributed by atoms with E-state index in [0.29, 0.717) is 0 Å². The van der Waals surface area contributed by atoms with Crippen molar-refractivity contribution in [3.8, 4) is 0 Å². The van der Waals surface area contributed by atoms with Crippen molar-refractivity contribution in [2.24, 2.45) is 5.92 Å². The van der Waals surface area contributed by atoms with Gasteiger partial charge in [0.05, 0.1) is 17.4 Å². The number of halogens is 1. The molecule has 1 aromatic rings. The average Bonchev–Trinajstić information content (AvgIpc) is 2.63. The van der Waals surface area contributed by atoms with E-state index in [1.54, 1.807) is 46.8 Å². The zero-order valence-electron chi connectivity index (χ0n) is 18.8. The highest BCUT2D eigenvalue weighted by atomic mass is 32.2. The number of carbonyl (C=O) groups excluding carboxylic acids is 2. The Hall–Kier alpha value is -2.04. The highest BCUT2D eigenvalue weighted by molar-refractivity contribution is 7.89. The van der Waals surface area contributed by atoms with Gasteiger partial charge >= 0.3 is 5.97 Å². The summed E-state index contributed by atoms with van der Waals surface area (Å²) in [5.41, 5.74) is 0.0819. The van der Waals surface area contributed by atoms with Crippen LogP contribution in [0.15, 0.2) is 29.2 Å². The molecule has 0 heterocycles. The average molecular weight is 461 g/mol. The minimum atomic E-state index is -4.01. The quantitative estimate of drug-likeness (QED) is 0.458. The van der Waals surface area contributed by atoms with Gasteiger partial charge in [-0.25, -0.2) is 12.8 Å². The molecular weight excluding hydrogens is 427 g/mol. The van der Waals surface area contributed by atoms with E-state index in [-0.39, 0.29) is 4.90 Å². The molecule has 1 amide bonds. The second-order valence-corrected chi connectivity index (χ2v) is 10.5. The minimum absolute atomic E-state index is 0.00866. The summed E-state index contributed by atoms with van der Waals surface area (Å²) < 4.78 is 46.0. The number of sulfonamides is 1. The van der Waals surface area contributed by atoms with Crippen LogP contribution in [0.3, 0.4) is 0 Å². The van der Waals surface area contributed by atoms with Crippen molar-refractivity contribution in [2.75, 3.05) is 6.67 Å². The molecular formula is C21H33FN2O6S. The minimum Gasteiger partial charge on any atom is -0.460 e. The molecule has 176 valence electrons. The Labute approximate surface area is 183 Å². The fraction of sp³-hybridized carbons (Fsp3) is 0.619. The van der Waals surface area contributed by atoms with Gasteiger partial charge in [-0.05, 0) is 45.7 Å². The third-order valence-corrected chi connectivity index (χ3v) is 5.78. The largest absolute Gasteiger partial charge is 0.460 e. The van der Waals surface area contributed by atoms with E-state index >= 15 is 0 Å². The number of aryl methyl sites for hydroxylation is 1. The van der Waals surface area contributed by atoms with Gasteiger partial charge in [0.2, 0.25) is 15.9 Å². The lowest BCUT2D eigenvalue weighted by Crippen LogP contribution is -2.55. The summed E-state index contributed by atoms with van der Waals surface area (Å²) in [4.78, 5) is 24.9. The molecule has 8 nitrogen and oxygen atoms in total. The third kappa shape index (κ3) is 8.92. The molecule has 0 aliphatic carbocycles. The summed E-state index contributed by atoms with van der Waals surface area (Å²) in [6, 6.07) is 3.62. The van der Waals surface area contributed by atoms with Crippen LogP contribution in [0.2, 0.25) is 0 Å². The van der Waals surface area contributed by atoms with Crippen LogP contribution in [0.4, 0.5) is 4.39 Å².